The molecule has 1 aromatic rings. The maximum atomic E-state index is 12.0. The summed E-state index contributed by atoms with van der Waals surface area (Å²) in [6.07, 6.45) is 4.69. The third-order valence-corrected chi connectivity index (χ3v) is 4.23. The van der Waals surface area contributed by atoms with E-state index in [0.29, 0.717) is 17.8 Å². The Hall–Kier alpha value is -2.17. The smallest absolute Gasteiger partial charge is 0.223 e. The first-order valence-electron chi connectivity index (χ1n) is 8.16. The van der Waals surface area contributed by atoms with Crippen molar-refractivity contribution in [1.29, 1.82) is 0 Å². The van der Waals surface area contributed by atoms with Crippen molar-refractivity contribution in [3.05, 3.63) is 29.8 Å². The van der Waals surface area contributed by atoms with Crippen LogP contribution in [0.5, 0.6) is 0 Å². The second kappa shape index (κ2) is 7.90. The Balaban J connectivity index is 1.98. The fraction of sp³-hybridized carbons (Fsp3) is 0.500. The quantitative estimate of drug-likeness (QED) is 0.821. The number of Topliss-reactive ketones (excluding diaryl/α,β-unsaturated/α-hetero) is 1. The molecule has 1 N–H and O–H groups in total. The molecule has 0 radical (unpaired) electrons. The average Bonchev–Trinajstić information content (AvgIpc) is 3.00. The van der Waals surface area contributed by atoms with Crippen LogP contribution in [0.1, 0.15) is 56.3 Å². The maximum absolute atomic E-state index is 12.0. The maximum Gasteiger partial charge on any atom is 0.223 e. The molecule has 0 spiro atoms. The van der Waals surface area contributed by atoms with Crippen molar-refractivity contribution in [1.82, 2.24) is 5.32 Å². The highest BCUT2D eigenvalue weighted by atomic mass is 16.2. The van der Waals surface area contributed by atoms with Gasteiger partial charge in [-0.2, -0.15) is 0 Å². The lowest BCUT2D eigenvalue weighted by atomic mass is 10.1. The molecule has 5 nitrogen and oxygen atoms in total. The number of carbonyl (C=O) groups is 3. The number of anilines is 1. The van der Waals surface area contributed by atoms with Crippen molar-refractivity contribution in [3.8, 4) is 0 Å². The van der Waals surface area contributed by atoms with Crippen molar-refractivity contribution >= 4 is 23.3 Å². The molecule has 0 unspecified atom stereocenters. The van der Waals surface area contributed by atoms with Gasteiger partial charge in [-0.1, -0.05) is 25.0 Å². The lowest BCUT2D eigenvalue weighted by Crippen LogP contribution is -2.37. The second-order valence-corrected chi connectivity index (χ2v) is 6.08. The van der Waals surface area contributed by atoms with Crippen LogP contribution >= 0.6 is 0 Å². The van der Waals surface area contributed by atoms with Gasteiger partial charge < -0.3 is 10.2 Å². The minimum atomic E-state index is -0.139. The summed E-state index contributed by atoms with van der Waals surface area (Å²) in [7, 11) is 0. The topological polar surface area (TPSA) is 66.5 Å². The molecule has 5 heteroatoms. The Morgan fingerprint density at radius 1 is 1.17 bits per heavy atom. The minimum absolute atomic E-state index is 0.0223. The third kappa shape index (κ3) is 4.91. The van der Waals surface area contributed by atoms with Gasteiger partial charge in [-0.3, -0.25) is 14.4 Å². The Labute approximate surface area is 137 Å². The van der Waals surface area contributed by atoms with E-state index in [9.17, 15) is 14.4 Å². The van der Waals surface area contributed by atoms with Crippen LogP contribution in [-0.4, -0.2) is 30.2 Å². The standard InChI is InChI=1S/C18H24N2O3/c1-13(21)15-6-5-9-17(12-15)20(14(2)22)11-10-18(23)19-16-7-3-4-8-16/h5-6,9,12,16H,3-4,7-8,10-11H2,1-2H3,(H,19,23). The number of rotatable bonds is 6. The zero-order valence-electron chi connectivity index (χ0n) is 13.8. The van der Waals surface area contributed by atoms with E-state index in [4.69, 9.17) is 0 Å². The normalized spacial score (nSPS) is 14.5. The lowest BCUT2D eigenvalue weighted by molar-refractivity contribution is -0.121. The number of nitrogens with one attached hydrogen (secondary N) is 1. The lowest BCUT2D eigenvalue weighted by Gasteiger charge is -2.22. The number of ketones is 1. The minimum Gasteiger partial charge on any atom is -0.353 e. The SMILES string of the molecule is CC(=O)c1cccc(N(CCC(=O)NC2CCCC2)C(C)=O)c1. The molecule has 0 bridgehead atoms. The predicted molar refractivity (Wildman–Crippen MR) is 89.5 cm³/mol. The average molecular weight is 316 g/mol. The highest BCUT2D eigenvalue weighted by molar-refractivity contribution is 5.97. The molecule has 0 aliphatic heterocycles. The second-order valence-electron chi connectivity index (χ2n) is 6.08. The number of benzene rings is 1. The molecule has 1 aliphatic rings. The summed E-state index contributed by atoms with van der Waals surface area (Å²) < 4.78 is 0. The predicted octanol–water partition coefficient (Wildman–Crippen LogP) is 2.69. The fourth-order valence-corrected chi connectivity index (χ4v) is 2.94. The number of carbonyl (C=O) groups excluding carboxylic acids is 3. The molecule has 0 heterocycles. The van der Waals surface area contributed by atoms with E-state index in [1.165, 1.54) is 26.7 Å². The first-order chi connectivity index (χ1) is 11.0. The van der Waals surface area contributed by atoms with Crippen LogP contribution in [-0.2, 0) is 9.59 Å². The first-order valence-corrected chi connectivity index (χ1v) is 8.16. The van der Waals surface area contributed by atoms with E-state index in [0.717, 1.165) is 12.8 Å². The molecule has 1 fully saturated rings. The van der Waals surface area contributed by atoms with Crippen LogP contribution in [0.25, 0.3) is 0 Å². The number of hydrogen-bond donors (Lipinski definition) is 1. The van der Waals surface area contributed by atoms with Gasteiger partial charge in [-0.15, -0.1) is 0 Å². The molecular weight excluding hydrogens is 292 g/mol. The van der Waals surface area contributed by atoms with E-state index >= 15 is 0 Å². The number of amides is 2. The zero-order chi connectivity index (χ0) is 16.8. The van der Waals surface area contributed by atoms with Crippen LogP contribution in [0.15, 0.2) is 24.3 Å². The van der Waals surface area contributed by atoms with Gasteiger partial charge in [0.15, 0.2) is 5.78 Å². The summed E-state index contributed by atoms with van der Waals surface area (Å²) in [6, 6.07) is 7.23. The molecule has 124 valence electrons. The summed E-state index contributed by atoms with van der Waals surface area (Å²) in [5.41, 5.74) is 1.21. The summed E-state index contributed by atoms with van der Waals surface area (Å²) in [5, 5.41) is 3.02. The van der Waals surface area contributed by atoms with E-state index in [-0.39, 0.29) is 30.1 Å². The van der Waals surface area contributed by atoms with E-state index in [1.807, 2.05) is 0 Å². The van der Waals surface area contributed by atoms with Crippen molar-refractivity contribution in [3.63, 3.8) is 0 Å². The van der Waals surface area contributed by atoms with E-state index in [2.05, 4.69) is 5.32 Å². The first kappa shape index (κ1) is 17.2. The van der Waals surface area contributed by atoms with Gasteiger partial charge in [0.25, 0.3) is 0 Å². The molecule has 1 aliphatic carbocycles. The Kier molecular flexibility index (Phi) is 5.90. The molecule has 2 rings (SSSR count). The van der Waals surface area contributed by atoms with Gasteiger partial charge in [0.05, 0.1) is 0 Å². The van der Waals surface area contributed by atoms with Crippen LogP contribution in [0.3, 0.4) is 0 Å². The Morgan fingerprint density at radius 2 is 1.87 bits per heavy atom. The van der Waals surface area contributed by atoms with Crippen LogP contribution < -0.4 is 10.2 Å². The largest absolute Gasteiger partial charge is 0.353 e. The van der Waals surface area contributed by atoms with Crippen LogP contribution in [0.4, 0.5) is 5.69 Å². The highest BCUT2D eigenvalue weighted by Gasteiger charge is 2.19. The zero-order valence-corrected chi connectivity index (χ0v) is 13.8. The summed E-state index contributed by atoms with van der Waals surface area (Å²) in [5.74, 6) is -0.209. The summed E-state index contributed by atoms with van der Waals surface area (Å²) >= 11 is 0. The van der Waals surface area contributed by atoms with Crippen LogP contribution in [0.2, 0.25) is 0 Å². The summed E-state index contributed by atoms with van der Waals surface area (Å²) in [6.45, 7) is 3.27. The number of nitrogens with zero attached hydrogens (tertiary/aromatic N) is 1. The number of hydrogen-bond acceptors (Lipinski definition) is 3. The molecule has 23 heavy (non-hydrogen) atoms. The molecule has 2 amide bonds. The summed E-state index contributed by atoms with van der Waals surface area (Å²) in [4.78, 5) is 36.9. The van der Waals surface area contributed by atoms with Crippen LogP contribution in [0, 0.1) is 0 Å². The Bertz CT molecular complexity index is 592. The molecule has 1 aromatic carbocycles. The monoisotopic (exact) mass is 316 g/mol. The van der Waals surface area contributed by atoms with Gasteiger partial charge in [0.2, 0.25) is 11.8 Å². The van der Waals surface area contributed by atoms with E-state index in [1.54, 1.807) is 29.2 Å². The fourth-order valence-electron chi connectivity index (χ4n) is 2.94. The molecule has 0 atom stereocenters. The third-order valence-electron chi connectivity index (χ3n) is 4.23. The van der Waals surface area contributed by atoms with Crippen molar-refractivity contribution in [2.75, 3.05) is 11.4 Å². The van der Waals surface area contributed by atoms with Crippen molar-refractivity contribution < 1.29 is 14.4 Å². The molecular formula is C18H24N2O3. The van der Waals surface area contributed by atoms with Gasteiger partial charge in [0.1, 0.15) is 0 Å². The molecule has 1 saturated carbocycles. The molecule has 0 aromatic heterocycles. The van der Waals surface area contributed by atoms with Gasteiger partial charge >= 0.3 is 0 Å². The Morgan fingerprint density at radius 3 is 2.48 bits per heavy atom. The van der Waals surface area contributed by atoms with Crippen molar-refractivity contribution in [2.24, 2.45) is 0 Å². The highest BCUT2D eigenvalue weighted by Crippen LogP contribution is 2.19. The van der Waals surface area contributed by atoms with E-state index < -0.39 is 0 Å². The van der Waals surface area contributed by atoms with Gasteiger partial charge in [0, 0.05) is 37.2 Å². The van der Waals surface area contributed by atoms with Gasteiger partial charge in [-0.25, -0.2) is 0 Å². The van der Waals surface area contributed by atoms with Crippen molar-refractivity contribution in [2.45, 2.75) is 52.0 Å². The molecule has 0 saturated heterocycles. The van der Waals surface area contributed by atoms with Gasteiger partial charge in [-0.05, 0) is 31.9 Å².